The Bertz CT molecular complexity index is 525. The van der Waals surface area contributed by atoms with Crippen LogP contribution in [-0.4, -0.2) is 32.2 Å². The van der Waals surface area contributed by atoms with Crippen LogP contribution in [-0.2, 0) is 0 Å². The van der Waals surface area contributed by atoms with Crippen LogP contribution < -0.4 is 0 Å². The van der Waals surface area contributed by atoms with Crippen molar-refractivity contribution in [3.05, 3.63) is 33.9 Å². The van der Waals surface area contributed by atoms with Crippen molar-refractivity contribution >= 4 is 11.6 Å². The van der Waals surface area contributed by atoms with E-state index in [-0.39, 0.29) is 11.6 Å². The summed E-state index contributed by atoms with van der Waals surface area (Å²) in [6.45, 7) is 0. The molecule has 1 fully saturated rings. The summed E-state index contributed by atoms with van der Waals surface area (Å²) < 4.78 is 0. The monoisotopic (exact) mass is 280 g/mol. The fraction of sp³-hybridized carbons (Fsp3) is 0.462. The molecule has 108 valence electrons. The van der Waals surface area contributed by atoms with E-state index >= 15 is 0 Å². The number of hydrogen-bond acceptors (Lipinski definition) is 5. The van der Waals surface area contributed by atoms with Crippen molar-refractivity contribution in [2.75, 3.05) is 0 Å². The van der Waals surface area contributed by atoms with Crippen LogP contribution in [0.1, 0.15) is 42.5 Å². The second-order valence-corrected chi connectivity index (χ2v) is 4.87. The number of aromatic hydroxyl groups is 1. The summed E-state index contributed by atoms with van der Waals surface area (Å²) in [5.41, 5.74) is -0.805. The van der Waals surface area contributed by atoms with Gasteiger partial charge in [0.2, 0.25) is 5.75 Å². The molecular formula is C13H16N2O5. The Morgan fingerprint density at radius 1 is 1.30 bits per heavy atom. The largest absolute Gasteiger partial charge is 0.502 e. The molecule has 0 saturated heterocycles. The Kier molecular flexibility index (Phi) is 4.19. The molecule has 2 rings (SSSR count). The molecule has 1 aliphatic carbocycles. The van der Waals surface area contributed by atoms with Gasteiger partial charge in [-0.3, -0.25) is 20.1 Å². The standard InChI is InChI=1S/C13H16N2O5/c16-12-10(7-4-8-11(12)15(19)20)13(17)14(18)9-5-2-1-3-6-9/h4,7-9,16,18H,1-3,5-6H2. The fourth-order valence-electron chi connectivity index (χ4n) is 2.47. The van der Waals surface area contributed by atoms with Crippen molar-refractivity contribution in [2.45, 2.75) is 38.1 Å². The van der Waals surface area contributed by atoms with Crippen molar-refractivity contribution in [3.8, 4) is 5.75 Å². The van der Waals surface area contributed by atoms with Crippen LogP contribution in [0, 0.1) is 10.1 Å². The van der Waals surface area contributed by atoms with Crippen LogP contribution in [0.15, 0.2) is 18.2 Å². The van der Waals surface area contributed by atoms with Gasteiger partial charge in [-0.1, -0.05) is 25.3 Å². The minimum atomic E-state index is -0.807. The highest BCUT2D eigenvalue weighted by molar-refractivity contribution is 5.97. The summed E-state index contributed by atoms with van der Waals surface area (Å²) in [5.74, 6) is -1.52. The number of phenols is 1. The first-order valence-electron chi connectivity index (χ1n) is 6.51. The molecular weight excluding hydrogens is 264 g/mol. The van der Waals surface area contributed by atoms with Gasteiger partial charge in [0.25, 0.3) is 5.91 Å². The molecule has 1 aliphatic rings. The molecule has 0 atom stereocenters. The van der Waals surface area contributed by atoms with Gasteiger partial charge in [-0.2, -0.15) is 0 Å². The predicted octanol–water partition coefficient (Wildman–Crippen LogP) is 2.46. The van der Waals surface area contributed by atoms with Gasteiger partial charge in [0.05, 0.1) is 16.5 Å². The highest BCUT2D eigenvalue weighted by atomic mass is 16.6. The number of rotatable bonds is 3. The summed E-state index contributed by atoms with van der Waals surface area (Å²) in [6, 6.07) is 3.38. The van der Waals surface area contributed by atoms with E-state index in [0.717, 1.165) is 25.3 Å². The van der Waals surface area contributed by atoms with E-state index in [0.29, 0.717) is 17.9 Å². The topological polar surface area (TPSA) is 104 Å². The van der Waals surface area contributed by atoms with E-state index in [2.05, 4.69) is 0 Å². The number of nitro groups is 1. The van der Waals surface area contributed by atoms with Gasteiger partial charge < -0.3 is 5.11 Å². The molecule has 0 unspecified atom stereocenters. The summed E-state index contributed by atoms with van der Waals surface area (Å²) in [7, 11) is 0. The molecule has 0 spiro atoms. The Labute approximate surface area is 115 Å². The van der Waals surface area contributed by atoms with E-state index in [1.54, 1.807) is 0 Å². The summed E-state index contributed by atoms with van der Waals surface area (Å²) >= 11 is 0. The lowest BCUT2D eigenvalue weighted by atomic mass is 9.95. The molecule has 0 bridgehead atoms. The molecule has 0 aromatic heterocycles. The number of para-hydroxylation sites is 1. The average Bonchev–Trinajstić information content (AvgIpc) is 2.46. The van der Waals surface area contributed by atoms with Gasteiger partial charge in [-0.15, -0.1) is 0 Å². The summed E-state index contributed by atoms with van der Waals surface area (Å²) in [6.07, 6.45) is 4.31. The lowest BCUT2D eigenvalue weighted by Gasteiger charge is -2.29. The fourth-order valence-corrected chi connectivity index (χ4v) is 2.47. The normalized spacial score (nSPS) is 15.8. The second-order valence-electron chi connectivity index (χ2n) is 4.87. The molecule has 0 radical (unpaired) electrons. The number of nitrogens with zero attached hydrogens (tertiary/aromatic N) is 2. The number of carbonyl (C=O) groups excluding carboxylic acids is 1. The quantitative estimate of drug-likeness (QED) is 0.503. The van der Waals surface area contributed by atoms with Crippen molar-refractivity contribution in [3.63, 3.8) is 0 Å². The smallest absolute Gasteiger partial charge is 0.311 e. The number of phenolic OH excluding ortho intramolecular Hbond substituents is 1. The molecule has 20 heavy (non-hydrogen) atoms. The van der Waals surface area contributed by atoms with Crippen molar-refractivity contribution in [2.24, 2.45) is 0 Å². The molecule has 7 heteroatoms. The maximum Gasteiger partial charge on any atom is 0.311 e. The molecule has 0 heterocycles. The van der Waals surface area contributed by atoms with Gasteiger partial charge in [0.15, 0.2) is 0 Å². The zero-order valence-corrected chi connectivity index (χ0v) is 10.9. The first kappa shape index (κ1) is 14.3. The number of benzene rings is 1. The SMILES string of the molecule is O=C(c1cccc([N+](=O)[O-])c1O)N(O)C1CCCCC1. The number of hydroxylamine groups is 2. The number of nitro benzene ring substituents is 1. The van der Waals surface area contributed by atoms with Gasteiger partial charge in [-0.25, -0.2) is 5.06 Å². The predicted molar refractivity (Wildman–Crippen MR) is 69.6 cm³/mol. The number of carbonyl (C=O) groups is 1. The highest BCUT2D eigenvalue weighted by Gasteiger charge is 2.29. The molecule has 1 aromatic rings. The highest BCUT2D eigenvalue weighted by Crippen LogP contribution is 2.31. The Morgan fingerprint density at radius 3 is 2.55 bits per heavy atom. The van der Waals surface area contributed by atoms with Crippen molar-refractivity contribution in [1.29, 1.82) is 0 Å². The Balaban J connectivity index is 2.24. The molecule has 2 N–H and O–H groups in total. The third kappa shape index (κ3) is 2.72. The lowest BCUT2D eigenvalue weighted by molar-refractivity contribution is -0.385. The van der Waals surface area contributed by atoms with Crippen LogP contribution in [0.5, 0.6) is 5.75 Å². The van der Waals surface area contributed by atoms with Gasteiger partial charge >= 0.3 is 5.69 Å². The van der Waals surface area contributed by atoms with Crippen LogP contribution in [0.3, 0.4) is 0 Å². The maximum absolute atomic E-state index is 12.1. The first-order valence-corrected chi connectivity index (χ1v) is 6.51. The first-order chi connectivity index (χ1) is 9.52. The van der Waals surface area contributed by atoms with Crippen LogP contribution in [0.2, 0.25) is 0 Å². The second kappa shape index (κ2) is 5.87. The Morgan fingerprint density at radius 2 is 1.95 bits per heavy atom. The average molecular weight is 280 g/mol. The third-order valence-corrected chi connectivity index (χ3v) is 3.57. The number of amides is 1. The third-order valence-electron chi connectivity index (χ3n) is 3.57. The zero-order valence-electron chi connectivity index (χ0n) is 10.9. The van der Waals surface area contributed by atoms with Crippen molar-refractivity contribution < 1.29 is 20.0 Å². The molecule has 0 aliphatic heterocycles. The van der Waals surface area contributed by atoms with E-state index in [1.807, 2.05) is 0 Å². The van der Waals surface area contributed by atoms with E-state index in [4.69, 9.17) is 0 Å². The molecule has 7 nitrogen and oxygen atoms in total. The van der Waals surface area contributed by atoms with E-state index in [1.165, 1.54) is 12.1 Å². The molecule has 1 aromatic carbocycles. The lowest BCUT2D eigenvalue weighted by Crippen LogP contribution is -2.38. The van der Waals surface area contributed by atoms with Crippen molar-refractivity contribution in [1.82, 2.24) is 5.06 Å². The van der Waals surface area contributed by atoms with Gasteiger partial charge in [0, 0.05) is 6.07 Å². The van der Waals surface area contributed by atoms with Gasteiger partial charge in [-0.05, 0) is 18.9 Å². The van der Waals surface area contributed by atoms with E-state index in [9.17, 15) is 25.2 Å². The van der Waals surface area contributed by atoms with Crippen LogP contribution in [0.4, 0.5) is 5.69 Å². The minimum absolute atomic E-state index is 0.257. The maximum atomic E-state index is 12.1. The van der Waals surface area contributed by atoms with Crippen LogP contribution in [0.25, 0.3) is 0 Å². The van der Waals surface area contributed by atoms with Crippen LogP contribution >= 0.6 is 0 Å². The van der Waals surface area contributed by atoms with E-state index < -0.39 is 22.3 Å². The molecule has 1 saturated carbocycles. The zero-order chi connectivity index (χ0) is 14.7. The number of hydrogen-bond donors (Lipinski definition) is 2. The Hall–Kier alpha value is -2.15. The minimum Gasteiger partial charge on any atom is -0.502 e. The summed E-state index contributed by atoms with van der Waals surface area (Å²) in [4.78, 5) is 22.1. The van der Waals surface area contributed by atoms with Gasteiger partial charge in [0.1, 0.15) is 0 Å². The molecule has 1 amide bonds. The summed E-state index contributed by atoms with van der Waals surface area (Å²) in [5, 5.41) is 31.1.